The van der Waals surface area contributed by atoms with Crippen LogP contribution >= 0.6 is 0 Å². The maximum absolute atomic E-state index is 10.7. The van der Waals surface area contributed by atoms with Crippen molar-refractivity contribution in [1.82, 2.24) is 4.98 Å². The Bertz CT molecular complexity index is 391. The number of nitrogens with zero attached hydrogens (tertiary/aromatic N) is 2. The van der Waals surface area contributed by atoms with Crippen LogP contribution in [0.25, 0.3) is 0 Å². The van der Waals surface area contributed by atoms with Crippen molar-refractivity contribution in [3.8, 4) is 0 Å². The Morgan fingerprint density at radius 3 is 3.24 bits per heavy atom. The fourth-order valence-electron chi connectivity index (χ4n) is 1.90. The molecule has 0 saturated carbocycles. The lowest BCUT2D eigenvalue weighted by Crippen LogP contribution is -2.13. The van der Waals surface area contributed by atoms with E-state index in [2.05, 4.69) is 10.3 Å². The van der Waals surface area contributed by atoms with Gasteiger partial charge >= 0.3 is 5.69 Å². The molecule has 92 valence electrons. The normalized spacial score (nSPS) is 19.2. The summed E-state index contributed by atoms with van der Waals surface area (Å²) < 4.78 is 5.47. The number of nitro groups is 1. The van der Waals surface area contributed by atoms with Gasteiger partial charge in [-0.2, -0.15) is 0 Å². The van der Waals surface area contributed by atoms with Crippen molar-refractivity contribution in [3.63, 3.8) is 0 Å². The van der Waals surface area contributed by atoms with E-state index in [0.29, 0.717) is 12.4 Å². The van der Waals surface area contributed by atoms with Gasteiger partial charge in [-0.25, -0.2) is 4.98 Å². The Hall–Kier alpha value is -1.69. The third kappa shape index (κ3) is 3.13. The molecule has 1 aliphatic rings. The summed E-state index contributed by atoms with van der Waals surface area (Å²) in [5, 5.41) is 13.7. The maximum atomic E-state index is 10.7. The van der Waals surface area contributed by atoms with Gasteiger partial charge in [-0.05, 0) is 25.3 Å². The highest BCUT2D eigenvalue weighted by atomic mass is 16.6. The predicted octanol–water partition coefficient (Wildman–Crippen LogP) is 1.97. The highest BCUT2D eigenvalue weighted by Gasteiger charge is 2.17. The Balaban J connectivity index is 1.87. The van der Waals surface area contributed by atoms with Gasteiger partial charge in [-0.3, -0.25) is 10.1 Å². The Morgan fingerprint density at radius 2 is 2.53 bits per heavy atom. The van der Waals surface area contributed by atoms with E-state index >= 15 is 0 Å². The van der Waals surface area contributed by atoms with E-state index in [0.717, 1.165) is 25.9 Å². The van der Waals surface area contributed by atoms with E-state index in [1.54, 1.807) is 12.3 Å². The van der Waals surface area contributed by atoms with Gasteiger partial charge in [0.15, 0.2) is 0 Å². The Kier molecular flexibility index (Phi) is 3.87. The summed E-state index contributed by atoms with van der Waals surface area (Å²) in [6, 6.07) is 3.00. The van der Waals surface area contributed by atoms with Crippen molar-refractivity contribution in [3.05, 3.63) is 28.4 Å². The van der Waals surface area contributed by atoms with Gasteiger partial charge in [0.2, 0.25) is 5.82 Å². The number of aromatic nitrogens is 1. The molecule has 2 rings (SSSR count). The van der Waals surface area contributed by atoms with Gasteiger partial charge in [0, 0.05) is 25.4 Å². The zero-order chi connectivity index (χ0) is 12.1. The summed E-state index contributed by atoms with van der Waals surface area (Å²) in [4.78, 5) is 14.3. The van der Waals surface area contributed by atoms with E-state index in [4.69, 9.17) is 4.74 Å². The van der Waals surface area contributed by atoms with Gasteiger partial charge in [0.1, 0.15) is 0 Å². The average Bonchev–Trinajstić information content (AvgIpc) is 2.82. The topological polar surface area (TPSA) is 77.3 Å². The molecule has 0 aromatic carbocycles. The SMILES string of the molecule is O=[N+]([O-])c1cccnc1NCCC1CCCO1. The number of pyridine rings is 1. The first-order chi connectivity index (χ1) is 8.27. The first kappa shape index (κ1) is 11.8. The molecule has 0 aliphatic carbocycles. The van der Waals surface area contributed by atoms with E-state index in [1.807, 2.05) is 0 Å². The third-order valence-electron chi connectivity index (χ3n) is 2.77. The Labute approximate surface area is 99.2 Å². The smallest absolute Gasteiger partial charge is 0.311 e. The summed E-state index contributed by atoms with van der Waals surface area (Å²) >= 11 is 0. The molecule has 1 atom stereocenters. The quantitative estimate of drug-likeness (QED) is 0.625. The van der Waals surface area contributed by atoms with Crippen LogP contribution in [-0.2, 0) is 4.74 Å². The van der Waals surface area contributed by atoms with Gasteiger partial charge < -0.3 is 10.1 Å². The lowest BCUT2D eigenvalue weighted by molar-refractivity contribution is -0.384. The molecule has 1 aromatic heterocycles. The average molecular weight is 237 g/mol. The van der Waals surface area contributed by atoms with Crippen LogP contribution < -0.4 is 5.32 Å². The molecule has 1 N–H and O–H groups in total. The number of anilines is 1. The summed E-state index contributed by atoms with van der Waals surface area (Å²) in [7, 11) is 0. The van der Waals surface area contributed by atoms with Gasteiger partial charge in [0.05, 0.1) is 11.0 Å². The van der Waals surface area contributed by atoms with Crippen LogP contribution in [0.15, 0.2) is 18.3 Å². The molecule has 1 aromatic rings. The van der Waals surface area contributed by atoms with Crippen molar-refractivity contribution in [1.29, 1.82) is 0 Å². The molecule has 1 aliphatic heterocycles. The van der Waals surface area contributed by atoms with Crippen LogP contribution in [0.3, 0.4) is 0 Å². The monoisotopic (exact) mass is 237 g/mol. The van der Waals surface area contributed by atoms with Crippen molar-refractivity contribution in [2.45, 2.75) is 25.4 Å². The molecule has 1 saturated heterocycles. The number of nitrogens with one attached hydrogen (secondary N) is 1. The number of hydrogen-bond donors (Lipinski definition) is 1. The van der Waals surface area contributed by atoms with Crippen LogP contribution in [0.4, 0.5) is 11.5 Å². The van der Waals surface area contributed by atoms with Crippen LogP contribution in [0, 0.1) is 10.1 Å². The summed E-state index contributed by atoms with van der Waals surface area (Å²) in [5.74, 6) is 0.329. The minimum Gasteiger partial charge on any atom is -0.378 e. The number of rotatable bonds is 5. The van der Waals surface area contributed by atoms with Crippen LogP contribution in [-0.4, -0.2) is 29.2 Å². The zero-order valence-electron chi connectivity index (χ0n) is 9.46. The minimum atomic E-state index is -0.429. The van der Waals surface area contributed by atoms with Crippen molar-refractivity contribution in [2.75, 3.05) is 18.5 Å². The van der Waals surface area contributed by atoms with Gasteiger partial charge in [0.25, 0.3) is 0 Å². The minimum absolute atomic E-state index is 0.0137. The summed E-state index contributed by atoms with van der Waals surface area (Å²) in [6.45, 7) is 1.47. The molecule has 0 bridgehead atoms. The third-order valence-corrected chi connectivity index (χ3v) is 2.77. The zero-order valence-corrected chi connectivity index (χ0v) is 9.46. The standard InChI is InChI=1S/C11H15N3O3/c15-14(16)10-4-1-6-12-11(10)13-7-5-9-3-2-8-17-9/h1,4,6,9H,2-3,5,7-8H2,(H,12,13). The molecule has 0 amide bonds. The molecule has 2 heterocycles. The maximum Gasteiger partial charge on any atom is 0.311 e. The van der Waals surface area contributed by atoms with Gasteiger partial charge in [-0.1, -0.05) is 0 Å². The molecule has 1 unspecified atom stereocenters. The van der Waals surface area contributed by atoms with Crippen LogP contribution in [0.2, 0.25) is 0 Å². The van der Waals surface area contributed by atoms with Crippen LogP contribution in [0.5, 0.6) is 0 Å². The second-order valence-electron chi connectivity index (χ2n) is 3.98. The molecule has 6 nitrogen and oxygen atoms in total. The fraction of sp³-hybridized carbons (Fsp3) is 0.545. The second kappa shape index (κ2) is 5.58. The lowest BCUT2D eigenvalue weighted by Gasteiger charge is -2.10. The van der Waals surface area contributed by atoms with E-state index in [1.165, 1.54) is 6.07 Å². The number of hydrogen-bond acceptors (Lipinski definition) is 5. The highest BCUT2D eigenvalue weighted by Crippen LogP contribution is 2.21. The molecule has 6 heteroatoms. The van der Waals surface area contributed by atoms with Gasteiger partial charge in [-0.15, -0.1) is 0 Å². The summed E-state index contributed by atoms with van der Waals surface area (Å²) in [5.41, 5.74) is 0.0137. The Morgan fingerprint density at radius 1 is 1.65 bits per heavy atom. The lowest BCUT2D eigenvalue weighted by atomic mass is 10.2. The van der Waals surface area contributed by atoms with Crippen LogP contribution in [0.1, 0.15) is 19.3 Å². The number of ether oxygens (including phenoxy) is 1. The largest absolute Gasteiger partial charge is 0.378 e. The van der Waals surface area contributed by atoms with Crippen molar-refractivity contribution < 1.29 is 9.66 Å². The fourth-order valence-corrected chi connectivity index (χ4v) is 1.90. The molecular formula is C11H15N3O3. The van der Waals surface area contributed by atoms with Crippen molar-refractivity contribution >= 4 is 11.5 Å². The van der Waals surface area contributed by atoms with E-state index in [-0.39, 0.29) is 11.8 Å². The van der Waals surface area contributed by atoms with Crippen molar-refractivity contribution in [2.24, 2.45) is 0 Å². The van der Waals surface area contributed by atoms with E-state index in [9.17, 15) is 10.1 Å². The predicted molar refractivity (Wildman–Crippen MR) is 63.0 cm³/mol. The van der Waals surface area contributed by atoms with E-state index < -0.39 is 4.92 Å². The summed E-state index contributed by atoms with van der Waals surface area (Å²) in [6.07, 6.45) is 4.86. The molecule has 1 fully saturated rings. The molecule has 0 radical (unpaired) electrons. The molecule has 0 spiro atoms. The molecular weight excluding hydrogens is 222 g/mol. The first-order valence-corrected chi connectivity index (χ1v) is 5.72. The second-order valence-corrected chi connectivity index (χ2v) is 3.98. The first-order valence-electron chi connectivity index (χ1n) is 5.72. The highest BCUT2D eigenvalue weighted by molar-refractivity contribution is 5.54. The molecule has 17 heavy (non-hydrogen) atoms.